The summed E-state index contributed by atoms with van der Waals surface area (Å²) >= 11 is 0. The van der Waals surface area contributed by atoms with Crippen molar-refractivity contribution in [3.8, 4) is 17.3 Å². The third-order valence-corrected chi connectivity index (χ3v) is 7.19. The number of hydrogen-bond donors (Lipinski definition) is 2. The number of hydrogen-bond acceptors (Lipinski definition) is 7. The SMILES string of the molecule is CCn1nc(C)cc1-c1ncc2c(n1)[nH]c1c(OCCC3CCN(C(=O)OC(C)(C)C)CC3)cc(C(N)=O)cc12. The molecular weight excluding hydrogens is 510 g/mol. The van der Waals surface area contributed by atoms with Gasteiger partial charge in [0.05, 0.1) is 17.8 Å². The number of aryl methyl sites for hydroxylation is 2. The number of nitrogens with zero attached hydrogens (tertiary/aromatic N) is 5. The molecule has 0 spiro atoms. The van der Waals surface area contributed by atoms with Crippen LogP contribution in [0.3, 0.4) is 0 Å². The van der Waals surface area contributed by atoms with Crippen LogP contribution in [0, 0.1) is 12.8 Å². The summed E-state index contributed by atoms with van der Waals surface area (Å²) in [4.78, 5) is 39.0. The molecule has 40 heavy (non-hydrogen) atoms. The average Bonchev–Trinajstić information content (AvgIpc) is 3.47. The van der Waals surface area contributed by atoms with Crippen LogP contribution in [-0.2, 0) is 11.3 Å². The molecule has 4 aromatic rings. The number of nitrogens with one attached hydrogen (secondary N) is 1. The van der Waals surface area contributed by atoms with E-state index in [-0.39, 0.29) is 6.09 Å². The third kappa shape index (κ3) is 5.73. The van der Waals surface area contributed by atoms with Crippen LogP contribution < -0.4 is 10.5 Å². The molecule has 3 N–H and O–H groups in total. The number of ether oxygens (including phenoxy) is 2. The number of amides is 2. The van der Waals surface area contributed by atoms with Gasteiger partial charge < -0.3 is 25.1 Å². The van der Waals surface area contributed by atoms with E-state index >= 15 is 0 Å². The monoisotopic (exact) mass is 547 g/mol. The van der Waals surface area contributed by atoms with Gasteiger partial charge in [0.25, 0.3) is 0 Å². The number of fused-ring (bicyclic) bond motifs is 3. The van der Waals surface area contributed by atoms with Crippen LogP contribution in [0.25, 0.3) is 33.5 Å². The fourth-order valence-electron chi connectivity index (χ4n) is 5.16. The number of piperidine rings is 1. The molecule has 3 aromatic heterocycles. The van der Waals surface area contributed by atoms with E-state index in [2.05, 4.69) is 15.1 Å². The Labute approximate surface area is 233 Å². The minimum absolute atomic E-state index is 0.257. The standard InChI is InChI=1S/C29H37N7O4/c1-6-36-22(13-17(2)34-36)27-31-16-21-20-14-19(25(30)37)15-23(24(20)32-26(21)33-27)39-12-9-18-7-10-35(11-8-18)28(38)40-29(3,4)5/h13-16,18H,6-12H2,1-5H3,(H2,30,37)(H,31,32,33). The molecular formula is C29H37N7O4. The molecule has 4 heterocycles. The Morgan fingerprint density at radius 1 is 1.15 bits per heavy atom. The molecule has 1 aromatic carbocycles. The van der Waals surface area contributed by atoms with E-state index in [1.165, 1.54) is 0 Å². The van der Waals surface area contributed by atoms with Crippen LogP contribution >= 0.6 is 0 Å². The van der Waals surface area contributed by atoms with E-state index in [9.17, 15) is 9.59 Å². The molecule has 0 aliphatic carbocycles. The Kier molecular flexibility index (Phi) is 7.39. The minimum atomic E-state index is -0.532. The van der Waals surface area contributed by atoms with Crippen molar-refractivity contribution in [1.29, 1.82) is 0 Å². The first kappa shape index (κ1) is 27.4. The fraction of sp³-hybridized carbons (Fsp3) is 0.483. The summed E-state index contributed by atoms with van der Waals surface area (Å²) in [5.74, 6) is 1.01. The number of aromatic nitrogens is 5. The molecule has 0 radical (unpaired) electrons. The Hall–Kier alpha value is -4.15. The molecule has 11 nitrogen and oxygen atoms in total. The highest BCUT2D eigenvalue weighted by molar-refractivity contribution is 6.11. The lowest BCUT2D eigenvalue weighted by molar-refractivity contribution is 0.0177. The number of aromatic amines is 1. The summed E-state index contributed by atoms with van der Waals surface area (Å²) < 4.78 is 13.6. The van der Waals surface area contributed by atoms with Gasteiger partial charge >= 0.3 is 6.09 Å². The van der Waals surface area contributed by atoms with Gasteiger partial charge in [-0.15, -0.1) is 0 Å². The molecule has 1 fully saturated rings. The van der Waals surface area contributed by atoms with Crippen molar-refractivity contribution in [2.45, 2.75) is 66.0 Å². The van der Waals surface area contributed by atoms with E-state index < -0.39 is 11.5 Å². The normalized spacial score (nSPS) is 14.7. The van der Waals surface area contributed by atoms with Crippen molar-refractivity contribution in [2.24, 2.45) is 11.7 Å². The minimum Gasteiger partial charge on any atom is -0.491 e. The largest absolute Gasteiger partial charge is 0.491 e. The smallest absolute Gasteiger partial charge is 0.410 e. The molecule has 5 rings (SSSR count). The predicted molar refractivity (Wildman–Crippen MR) is 152 cm³/mol. The first-order valence-corrected chi connectivity index (χ1v) is 13.8. The number of H-pyrrole nitrogens is 1. The number of benzene rings is 1. The van der Waals surface area contributed by atoms with Gasteiger partial charge in [0.1, 0.15) is 22.7 Å². The molecule has 11 heteroatoms. The maximum Gasteiger partial charge on any atom is 0.410 e. The van der Waals surface area contributed by atoms with E-state index in [1.54, 1.807) is 23.2 Å². The summed E-state index contributed by atoms with van der Waals surface area (Å²) in [5.41, 5.74) is 8.63. The highest BCUT2D eigenvalue weighted by Crippen LogP contribution is 2.34. The second kappa shape index (κ2) is 10.8. The Balaban J connectivity index is 1.33. The Morgan fingerprint density at radius 3 is 2.58 bits per heavy atom. The number of carbonyl (C=O) groups excluding carboxylic acids is 2. The number of carbonyl (C=O) groups is 2. The van der Waals surface area contributed by atoms with Gasteiger partial charge in [-0.3, -0.25) is 9.48 Å². The van der Waals surface area contributed by atoms with Crippen LogP contribution in [-0.4, -0.2) is 66.9 Å². The van der Waals surface area contributed by atoms with E-state index in [0.717, 1.165) is 46.9 Å². The van der Waals surface area contributed by atoms with E-state index in [0.29, 0.717) is 54.9 Å². The van der Waals surface area contributed by atoms with Crippen molar-refractivity contribution >= 4 is 33.9 Å². The molecule has 0 atom stereocenters. The summed E-state index contributed by atoms with van der Waals surface area (Å²) in [6.45, 7) is 12.1. The second-order valence-electron chi connectivity index (χ2n) is 11.4. The molecule has 2 amide bonds. The van der Waals surface area contributed by atoms with Gasteiger partial charge in [0, 0.05) is 42.2 Å². The number of nitrogens with two attached hydrogens (primary N) is 1. The summed E-state index contributed by atoms with van der Waals surface area (Å²) in [5, 5.41) is 6.06. The first-order valence-electron chi connectivity index (χ1n) is 13.8. The number of primary amides is 1. The number of rotatable bonds is 7. The quantitative estimate of drug-likeness (QED) is 0.338. The van der Waals surface area contributed by atoms with Crippen LogP contribution in [0.2, 0.25) is 0 Å². The molecule has 0 unspecified atom stereocenters. The zero-order valence-corrected chi connectivity index (χ0v) is 23.8. The van der Waals surface area contributed by atoms with Crippen molar-refractivity contribution in [2.75, 3.05) is 19.7 Å². The third-order valence-electron chi connectivity index (χ3n) is 7.19. The second-order valence-corrected chi connectivity index (χ2v) is 11.4. The molecule has 0 bridgehead atoms. The van der Waals surface area contributed by atoms with Gasteiger partial charge in [-0.25, -0.2) is 14.8 Å². The fourth-order valence-corrected chi connectivity index (χ4v) is 5.16. The molecule has 0 saturated carbocycles. The maximum atomic E-state index is 12.4. The summed E-state index contributed by atoms with van der Waals surface area (Å²) in [6, 6.07) is 5.39. The van der Waals surface area contributed by atoms with Gasteiger partial charge in [-0.1, -0.05) is 0 Å². The van der Waals surface area contributed by atoms with Crippen LogP contribution in [0.1, 0.15) is 63.0 Å². The summed E-state index contributed by atoms with van der Waals surface area (Å²) in [7, 11) is 0. The van der Waals surface area contributed by atoms with Crippen LogP contribution in [0.4, 0.5) is 4.79 Å². The Bertz CT molecular complexity index is 1560. The van der Waals surface area contributed by atoms with E-state index in [4.69, 9.17) is 20.2 Å². The lowest BCUT2D eigenvalue weighted by Gasteiger charge is -2.33. The average molecular weight is 548 g/mol. The van der Waals surface area contributed by atoms with Crippen LogP contribution in [0.15, 0.2) is 24.4 Å². The molecule has 1 aliphatic heterocycles. The summed E-state index contributed by atoms with van der Waals surface area (Å²) in [6.07, 6.45) is 4.10. The lowest BCUT2D eigenvalue weighted by Crippen LogP contribution is -2.41. The van der Waals surface area contributed by atoms with Gasteiger partial charge in [0.15, 0.2) is 5.82 Å². The zero-order chi connectivity index (χ0) is 28.6. The van der Waals surface area contributed by atoms with Crippen molar-refractivity contribution < 1.29 is 19.1 Å². The highest BCUT2D eigenvalue weighted by Gasteiger charge is 2.27. The van der Waals surface area contributed by atoms with Crippen molar-refractivity contribution in [3.05, 3.63) is 35.7 Å². The van der Waals surface area contributed by atoms with Crippen molar-refractivity contribution in [1.82, 2.24) is 29.6 Å². The predicted octanol–water partition coefficient (Wildman–Crippen LogP) is 4.82. The zero-order valence-electron chi connectivity index (χ0n) is 23.8. The maximum absolute atomic E-state index is 12.4. The van der Waals surface area contributed by atoms with Gasteiger partial charge in [-0.05, 0) is 78.0 Å². The topological polar surface area (TPSA) is 141 Å². The molecule has 212 valence electrons. The first-order chi connectivity index (χ1) is 19.0. The molecule has 1 saturated heterocycles. The lowest BCUT2D eigenvalue weighted by atomic mass is 9.94. The van der Waals surface area contributed by atoms with Gasteiger partial charge in [-0.2, -0.15) is 5.10 Å². The van der Waals surface area contributed by atoms with Crippen LogP contribution in [0.5, 0.6) is 5.75 Å². The Morgan fingerprint density at radius 2 is 1.90 bits per heavy atom. The van der Waals surface area contributed by atoms with Gasteiger partial charge in [0.2, 0.25) is 5.91 Å². The highest BCUT2D eigenvalue weighted by atomic mass is 16.6. The van der Waals surface area contributed by atoms with E-state index in [1.807, 2.05) is 45.4 Å². The molecule has 1 aliphatic rings. The number of likely N-dealkylation sites (tertiary alicyclic amines) is 1. The van der Waals surface area contributed by atoms with Crippen molar-refractivity contribution in [3.63, 3.8) is 0 Å².